The van der Waals surface area contributed by atoms with Gasteiger partial charge >= 0.3 is 0 Å². The molecule has 1 aliphatic rings. The molecule has 3 heterocycles. The quantitative estimate of drug-likeness (QED) is 0.693. The molecule has 1 aromatic carbocycles. The summed E-state index contributed by atoms with van der Waals surface area (Å²) in [7, 11) is 0. The van der Waals surface area contributed by atoms with E-state index in [0.717, 1.165) is 47.8 Å². The van der Waals surface area contributed by atoms with Crippen LogP contribution in [0.15, 0.2) is 36.5 Å². The highest BCUT2D eigenvalue weighted by atomic mass is 16.5. The Labute approximate surface area is 159 Å². The molecule has 1 saturated heterocycles. The average Bonchev–Trinajstić information content (AvgIpc) is 3.34. The van der Waals surface area contributed by atoms with Crippen molar-refractivity contribution in [3.8, 4) is 5.75 Å². The first kappa shape index (κ1) is 17.8. The van der Waals surface area contributed by atoms with E-state index in [-0.39, 0.29) is 5.41 Å². The van der Waals surface area contributed by atoms with Gasteiger partial charge in [-0.3, -0.25) is 5.10 Å². The molecule has 27 heavy (non-hydrogen) atoms. The van der Waals surface area contributed by atoms with Gasteiger partial charge in [-0.05, 0) is 37.1 Å². The van der Waals surface area contributed by atoms with Gasteiger partial charge in [0.05, 0.1) is 36.8 Å². The van der Waals surface area contributed by atoms with Gasteiger partial charge in [-0.25, -0.2) is 4.98 Å². The smallest absolute Gasteiger partial charge is 0.119 e. The number of anilines is 1. The van der Waals surface area contributed by atoms with Crippen LogP contribution in [0.1, 0.15) is 38.4 Å². The second-order valence-electron chi connectivity index (χ2n) is 7.47. The number of aromatic amines is 1. The summed E-state index contributed by atoms with van der Waals surface area (Å²) in [6.07, 6.45) is 2.79. The predicted octanol–water partition coefficient (Wildman–Crippen LogP) is 3.88. The van der Waals surface area contributed by atoms with Gasteiger partial charge in [0.1, 0.15) is 16.8 Å². The Hall–Kier alpha value is -2.60. The van der Waals surface area contributed by atoms with Crippen LogP contribution in [0.25, 0.3) is 11.0 Å². The molecule has 6 nitrogen and oxygen atoms in total. The van der Waals surface area contributed by atoms with Crippen LogP contribution < -0.4 is 10.1 Å². The Morgan fingerprint density at radius 3 is 2.81 bits per heavy atom. The molecule has 142 valence electrons. The fraction of sp³-hybridized carbons (Fsp3) is 0.429. The zero-order valence-corrected chi connectivity index (χ0v) is 16.1. The Kier molecular flexibility index (Phi) is 4.74. The maximum Gasteiger partial charge on any atom is 0.119 e. The maximum atomic E-state index is 5.57. The summed E-state index contributed by atoms with van der Waals surface area (Å²) in [5, 5.41) is 10.9. The number of H-pyrrole nitrogens is 1. The van der Waals surface area contributed by atoms with Crippen molar-refractivity contribution in [3.05, 3.63) is 47.8 Å². The fourth-order valence-corrected chi connectivity index (χ4v) is 3.52. The summed E-state index contributed by atoms with van der Waals surface area (Å²) in [4.78, 5) is 4.88. The summed E-state index contributed by atoms with van der Waals surface area (Å²) in [6.45, 7) is 8.58. The van der Waals surface area contributed by atoms with E-state index >= 15 is 0 Å². The van der Waals surface area contributed by atoms with Gasteiger partial charge in [0.15, 0.2) is 0 Å². The Balaban J connectivity index is 1.70. The molecule has 1 atom stereocenters. The lowest BCUT2D eigenvalue weighted by Gasteiger charge is -2.26. The Morgan fingerprint density at radius 2 is 2.11 bits per heavy atom. The third-order valence-corrected chi connectivity index (χ3v) is 5.23. The molecule has 0 unspecified atom stereocenters. The highest BCUT2D eigenvalue weighted by Gasteiger charge is 2.27. The molecule has 1 fully saturated rings. The molecule has 0 spiro atoms. The van der Waals surface area contributed by atoms with Crippen molar-refractivity contribution in [1.29, 1.82) is 0 Å². The first-order chi connectivity index (χ1) is 13.1. The van der Waals surface area contributed by atoms with E-state index in [1.54, 1.807) is 6.20 Å². The van der Waals surface area contributed by atoms with Crippen molar-refractivity contribution in [3.63, 3.8) is 0 Å². The molecular formula is C21H26N4O2. The van der Waals surface area contributed by atoms with E-state index in [4.69, 9.17) is 14.5 Å². The Bertz CT molecular complexity index is 912. The van der Waals surface area contributed by atoms with Gasteiger partial charge in [-0.1, -0.05) is 26.0 Å². The molecule has 4 rings (SSSR count). The maximum absolute atomic E-state index is 5.57. The molecule has 0 bridgehead atoms. The van der Waals surface area contributed by atoms with Crippen LogP contribution in [-0.4, -0.2) is 41.0 Å². The SMILES string of the molecule is CCOc1ccc(C(C)(C)c2cc(N[C@@H]3CCOC3)c3[nH]ncc3n2)cc1. The zero-order chi connectivity index (χ0) is 18.9. The van der Waals surface area contributed by atoms with E-state index < -0.39 is 0 Å². The summed E-state index contributed by atoms with van der Waals surface area (Å²) in [5.74, 6) is 0.888. The molecule has 3 aromatic rings. The molecule has 6 heteroatoms. The summed E-state index contributed by atoms with van der Waals surface area (Å²) in [6, 6.07) is 10.7. The van der Waals surface area contributed by atoms with Crippen molar-refractivity contribution >= 4 is 16.7 Å². The van der Waals surface area contributed by atoms with Crippen molar-refractivity contribution in [1.82, 2.24) is 15.2 Å². The van der Waals surface area contributed by atoms with Gasteiger partial charge in [0, 0.05) is 12.0 Å². The standard InChI is InChI=1S/C21H26N4O2/c1-4-27-16-7-5-14(6-8-16)21(2,3)19-11-17(23-15-9-10-26-13-15)20-18(24-19)12-22-25-20/h5-8,11-12,15H,4,9-10,13H2,1-3H3,(H,22,25)(H,23,24)/t15-/m1/s1. The molecule has 2 aromatic heterocycles. The van der Waals surface area contributed by atoms with Gasteiger partial charge < -0.3 is 14.8 Å². The van der Waals surface area contributed by atoms with Crippen LogP contribution in [0.4, 0.5) is 5.69 Å². The number of fused-ring (bicyclic) bond motifs is 1. The van der Waals surface area contributed by atoms with Gasteiger partial charge in [0.25, 0.3) is 0 Å². The van der Waals surface area contributed by atoms with Crippen LogP contribution in [0.5, 0.6) is 5.75 Å². The van der Waals surface area contributed by atoms with E-state index in [2.05, 4.69) is 47.6 Å². The fourth-order valence-electron chi connectivity index (χ4n) is 3.52. The summed E-state index contributed by atoms with van der Waals surface area (Å²) >= 11 is 0. The zero-order valence-electron chi connectivity index (χ0n) is 16.1. The number of nitrogens with zero attached hydrogens (tertiary/aromatic N) is 2. The van der Waals surface area contributed by atoms with Crippen LogP contribution in [0.3, 0.4) is 0 Å². The van der Waals surface area contributed by atoms with Gasteiger partial charge in [0.2, 0.25) is 0 Å². The first-order valence-electron chi connectivity index (χ1n) is 9.50. The Morgan fingerprint density at radius 1 is 1.30 bits per heavy atom. The summed E-state index contributed by atoms with van der Waals surface area (Å²) < 4.78 is 11.1. The van der Waals surface area contributed by atoms with E-state index in [1.807, 2.05) is 19.1 Å². The number of benzene rings is 1. The number of hydrogen-bond donors (Lipinski definition) is 2. The van der Waals surface area contributed by atoms with Gasteiger partial charge in [-0.15, -0.1) is 0 Å². The molecular weight excluding hydrogens is 340 g/mol. The number of ether oxygens (including phenoxy) is 2. The number of nitrogens with one attached hydrogen (secondary N) is 2. The predicted molar refractivity (Wildman–Crippen MR) is 106 cm³/mol. The van der Waals surface area contributed by atoms with Crippen molar-refractivity contribution in [2.75, 3.05) is 25.1 Å². The molecule has 0 aliphatic carbocycles. The van der Waals surface area contributed by atoms with E-state index in [9.17, 15) is 0 Å². The molecule has 2 N–H and O–H groups in total. The lowest BCUT2D eigenvalue weighted by molar-refractivity contribution is 0.195. The highest BCUT2D eigenvalue weighted by molar-refractivity contribution is 5.87. The van der Waals surface area contributed by atoms with Crippen LogP contribution >= 0.6 is 0 Å². The second kappa shape index (κ2) is 7.19. The second-order valence-corrected chi connectivity index (χ2v) is 7.47. The first-order valence-corrected chi connectivity index (χ1v) is 9.50. The lowest BCUT2D eigenvalue weighted by Crippen LogP contribution is -2.23. The number of rotatable bonds is 6. The molecule has 1 aliphatic heterocycles. The van der Waals surface area contributed by atoms with Crippen LogP contribution in [-0.2, 0) is 10.2 Å². The molecule has 0 saturated carbocycles. The topological polar surface area (TPSA) is 72.1 Å². The molecule has 0 radical (unpaired) electrons. The highest BCUT2D eigenvalue weighted by Crippen LogP contribution is 2.35. The van der Waals surface area contributed by atoms with Gasteiger partial charge in [-0.2, -0.15) is 5.10 Å². The number of hydrogen-bond acceptors (Lipinski definition) is 5. The van der Waals surface area contributed by atoms with Crippen molar-refractivity contribution in [2.24, 2.45) is 0 Å². The van der Waals surface area contributed by atoms with E-state index in [1.165, 1.54) is 5.56 Å². The lowest BCUT2D eigenvalue weighted by atomic mass is 9.81. The monoisotopic (exact) mass is 366 g/mol. The van der Waals surface area contributed by atoms with Crippen molar-refractivity contribution < 1.29 is 9.47 Å². The third-order valence-electron chi connectivity index (χ3n) is 5.23. The minimum Gasteiger partial charge on any atom is -0.494 e. The van der Waals surface area contributed by atoms with Crippen LogP contribution in [0.2, 0.25) is 0 Å². The number of pyridine rings is 1. The summed E-state index contributed by atoms with van der Waals surface area (Å²) in [5.41, 5.74) is 4.78. The largest absolute Gasteiger partial charge is 0.494 e. The average molecular weight is 366 g/mol. The minimum atomic E-state index is -0.251. The van der Waals surface area contributed by atoms with E-state index in [0.29, 0.717) is 12.6 Å². The minimum absolute atomic E-state index is 0.251. The normalized spacial score (nSPS) is 17.4. The van der Waals surface area contributed by atoms with Crippen molar-refractivity contribution in [2.45, 2.75) is 38.6 Å². The van der Waals surface area contributed by atoms with Crippen LogP contribution in [0, 0.1) is 0 Å². The number of aromatic nitrogens is 3. The third kappa shape index (κ3) is 3.49. The molecule has 0 amide bonds.